The molecule has 0 radical (unpaired) electrons. The molecule has 0 aromatic heterocycles. The fourth-order valence-electron chi connectivity index (χ4n) is 2.65. The Morgan fingerprint density at radius 1 is 1.10 bits per heavy atom. The van der Waals surface area contributed by atoms with Crippen molar-refractivity contribution >= 4 is 17.6 Å². The van der Waals surface area contributed by atoms with E-state index in [1.54, 1.807) is 14.0 Å². The summed E-state index contributed by atoms with van der Waals surface area (Å²) in [7, 11) is 1.62. The van der Waals surface area contributed by atoms with E-state index in [1.165, 1.54) is 11.0 Å². The van der Waals surface area contributed by atoms with Gasteiger partial charge in [-0.05, 0) is 30.7 Å². The summed E-state index contributed by atoms with van der Waals surface area (Å²) in [5.74, 6) is -0.397. The maximum Gasteiger partial charge on any atom is 0.416 e. The Labute approximate surface area is 173 Å². The van der Waals surface area contributed by atoms with Crippen LogP contribution in [0.15, 0.2) is 48.5 Å². The first kappa shape index (κ1) is 23.1. The molecule has 2 aromatic rings. The van der Waals surface area contributed by atoms with Crippen LogP contribution >= 0.6 is 0 Å². The van der Waals surface area contributed by atoms with Crippen molar-refractivity contribution in [3.05, 3.63) is 59.7 Å². The number of rotatable bonds is 8. The molecule has 0 saturated carbocycles. The van der Waals surface area contributed by atoms with Crippen LogP contribution in [-0.2, 0) is 17.5 Å². The fraction of sp³-hybridized carbons (Fsp3) is 0.333. The minimum absolute atomic E-state index is 0.0345. The first-order chi connectivity index (χ1) is 14.2. The van der Waals surface area contributed by atoms with Crippen molar-refractivity contribution in [2.45, 2.75) is 26.1 Å². The lowest BCUT2D eigenvalue weighted by molar-refractivity contribution is -0.137. The first-order valence-corrected chi connectivity index (χ1v) is 9.37. The zero-order valence-electron chi connectivity index (χ0n) is 16.8. The van der Waals surface area contributed by atoms with Crippen LogP contribution in [0.4, 0.5) is 23.7 Å². The van der Waals surface area contributed by atoms with Crippen molar-refractivity contribution < 1.29 is 27.5 Å². The molecular formula is C21H24F3N3O3. The molecule has 3 amide bonds. The topological polar surface area (TPSA) is 70.7 Å². The second kappa shape index (κ2) is 10.5. The molecule has 0 spiro atoms. The average molecular weight is 423 g/mol. The molecule has 0 aliphatic rings. The Hall–Kier alpha value is -3.23. The van der Waals surface area contributed by atoms with Gasteiger partial charge < -0.3 is 20.3 Å². The average Bonchev–Trinajstić information content (AvgIpc) is 2.69. The Balaban J connectivity index is 1.88. The number of halogens is 3. The van der Waals surface area contributed by atoms with Gasteiger partial charge >= 0.3 is 12.2 Å². The Morgan fingerprint density at radius 3 is 2.43 bits per heavy atom. The number of hydrogen-bond acceptors (Lipinski definition) is 3. The maximum absolute atomic E-state index is 12.9. The third kappa shape index (κ3) is 6.98. The van der Waals surface area contributed by atoms with E-state index in [0.717, 1.165) is 17.7 Å². The van der Waals surface area contributed by atoms with Crippen molar-refractivity contribution in [2.75, 3.05) is 25.5 Å². The number of carbonyl (C=O) groups is 2. The summed E-state index contributed by atoms with van der Waals surface area (Å²) in [6.45, 7) is 2.36. The molecule has 0 aliphatic carbocycles. The zero-order chi connectivity index (χ0) is 22.1. The highest BCUT2D eigenvalue weighted by molar-refractivity contribution is 5.92. The SMILES string of the molecule is CCOc1ccc(C(F)(F)F)cc1NC(=O)CCNC(=O)N(C)Cc1ccccc1. The lowest BCUT2D eigenvalue weighted by Gasteiger charge is -2.18. The predicted molar refractivity (Wildman–Crippen MR) is 107 cm³/mol. The number of nitrogens with one attached hydrogen (secondary N) is 2. The largest absolute Gasteiger partial charge is 0.492 e. The van der Waals surface area contributed by atoms with Crippen molar-refractivity contribution in [1.29, 1.82) is 0 Å². The minimum Gasteiger partial charge on any atom is -0.492 e. The number of carbonyl (C=O) groups excluding carboxylic acids is 2. The lowest BCUT2D eigenvalue weighted by atomic mass is 10.1. The van der Waals surface area contributed by atoms with E-state index in [2.05, 4.69) is 10.6 Å². The number of anilines is 1. The van der Waals surface area contributed by atoms with E-state index in [-0.39, 0.29) is 37.0 Å². The van der Waals surface area contributed by atoms with E-state index in [4.69, 9.17) is 4.74 Å². The second-order valence-corrected chi connectivity index (χ2v) is 6.51. The van der Waals surface area contributed by atoms with Gasteiger partial charge in [0.15, 0.2) is 0 Å². The third-order valence-corrected chi connectivity index (χ3v) is 4.12. The van der Waals surface area contributed by atoms with Gasteiger partial charge in [0.05, 0.1) is 17.9 Å². The molecule has 0 aliphatic heterocycles. The van der Waals surface area contributed by atoms with Crippen LogP contribution in [-0.4, -0.2) is 37.0 Å². The van der Waals surface area contributed by atoms with Gasteiger partial charge in [-0.3, -0.25) is 4.79 Å². The smallest absolute Gasteiger partial charge is 0.416 e. The summed E-state index contributed by atoms with van der Waals surface area (Å²) in [6.07, 6.45) is -4.64. The van der Waals surface area contributed by atoms with Crippen LogP contribution in [0, 0.1) is 0 Å². The van der Waals surface area contributed by atoms with E-state index in [1.807, 2.05) is 30.3 Å². The quantitative estimate of drug-likeness (QED) is 0.666. The summed E-state index contributed by atoms with van der Waals surface area (Å²) < 4.78 is 44.1. The molecule has 9 heteroatoms. The second-order valence-electron chi connectivity index (χ2n) is 6.51. The molecule has 0 heterocycles. The van der Waals surface area contributed by atoms with E-state index < -0.39 is 17.6 Å². The first-order valence-electron chi connectivity index (χ1n) is 9.37. The van der Waals surface area contributed by atoms with Crippen molar-refractivity contribution in [3.8, 4) is 5.75 Å². The maximum atomic E-state index is 12.9. The third-order valence-electron chi connectivity index (χ3n) is 4.12. The van der Waals surface area contributed by atoms with E-state index in [0.29, 0.717) is 6.54 Å². The van der Waals surface area contributed by atoms with Gasteiger partial charge in [0.1, 0.15) is 5.75 Å². The van der Waals surface area contributed by atoms with Crippen molar-refractivity contribution in [3.63, 3.8) is 0 Å². The molecule has 0 fully saturated rings. The molecule has 0 bridgehead atoms. The summed E-state index contributed by atoms with van der Waals surface area (Å²) >= 11 is 0. The molecule has 6 nitrogen and oxygen atoms in total. The number of nitrogens with zero attached hydrogens (tertiary/aromatic N) is 1. The summed E-state index contributed by atoms with van der Waals surface area (Å²) in [5, 5.41) is 5.03. The van der Waals surface area contributed by atoms with Crippen molar-refractivity contribution in [2.24, 2.45) is 0 Å². The van der Waals surface area contributed by atoms with Crippen LogP contribution in [0.2, 0.25) is 0 Å². The van der Waals surface area contributed by atoms with Gasteiger partial charge in [-0.1, -0.05) is 30.3 Å². The number of benzene rings is 2. The molecule has 0 atom stereocenters. The number of urea groups is 1. The van der Waals surface area contributed by atoms with Crippen LogP contribution in [0.5, 0.6) is 5.75 Å². The molecule has 2 aromatic carbocycles. The minimum atomic E-state index is -4.54. The predicted octanol–water partition coefficient (Wildman–Crippen LogP) is 4.27. The Morgan fingerprint density at radius 2 is 1.80 bits per heavy atom. The number of amides is 3. The van der Waals surface area contributed by atoms with Gasteiger partial charge in [0.25, 0.3) is 0 Å². The summed E-state index contributed by atoms with van der Waals surface area (Å²) in [5.41, 5.74) is 0.00202. The van der Waals surface area contributed by atoms with Gasteiger partial charge in [0, 0.05) is 26.6 Å². The highest BCUT2D eigenvalue weighted by atomic mass is 19.4. The Kier molecular flexibility index (Phi) is 8.08. The van der Waals surface area contributed by atoms with Gasteiger partial charge in [-0.2, -0.15) is 13.2 Å². The molecule has 0 unspecified atom stereocenters. The highest BCUT2D eigenvalue weighted by Gasteiger charge is 2.31. The fourth-order valence-corrected chi connectivity index (χ4v) is 2.65. The van der Waals surface area contributed by atoms with Gasteiger partial charge in [-0.25, -0.2) is 4.79 Å². The molecule has 2 rings (SSSR count). The molecule has 2 N–H and O–H groups in total. The number of alkyl halides is 3. The van der Waals surface area contributed by atoms with Crippen LogP contribution in [0.1, 0.15) is 24.5 Å². The monoisotopic (exact) mass is 423 g/mol. The summed E-state index contributed by atoms with van der Waals surface area (Å²) in [4.78, 5) is 25.7. The Bertz CT molecular complexity index is 858. The van der Waals surface area contributed by atoms with E-state index >= 15 is 0 Å². The lowest BCUT2D eigenvalue weighted by Crippen LogP contribution is -2.38. The van der Waals surface area contributed by atoms with Crippen LogP contribution < -0.4 is 15.4 Å². The standard InChI is InChI=1S/C21H24F3N3O3/c1-3-30-18-10-9-16(21(22,23)24)13-17(18)26-19(28)11-12-25-20(29)27(2)14-15-7-5-4-6-8-15/h4-10,13H,3,11-12,14H2,1-2H3,(H,25,29)(H,26,28). The summed E-state index contributed by atoms with van der Waals surface area (Å²) in [6, 6.07) is 11.9. The van der Waals surface area contributed by atoms with E-state index in [9.17, 15) is 22.8 Å². The van der Waals surface area contributed by atoms with Gasteiger partial charge in [0.2, 0.25) is 5.91 Å². The molecular weight excluding hydrogens is 399 g/mol. The molecule has 0 saturated heterocycles. The number of ether oxygens (including phenoxy) is 1. The number of hydrogen-bond donors (Lipinski definition) is 2. The van der Waals surface area contributed by atoms with Crippen LogP contribution in [0.25, 0.3) is 0 Å². The molecule has 30 heavy (non-hydrogen) atoms. The van der Waals surface area contributed by atoms with Crippen molar-refractivity contribution in [1.82, 2.24) is 10.2 Å². The normalized spacial score (nSPS) is 11.0. The van der Waals surface area contributed by atoms with Gasteiger partial charge in [-0.15, -0.1) is 0 Å². The van der Waals surface area contributed by atoms with Crippen LogP contribution in [0.3, 0.4) is 0 Å². The highest BCUT2D eigenvalue weighted by Crippen LogP contribution is 2.35. The zero-order valence-corrected chi connectivity index (χ0v) is 16.8. The molecule has 162 valence electrons.